The molecule has 0 atom stereocenters. The van der Waals surface area contributed by atoms with Crippen LogP contribution in [-0.4, -0.2) is 49.2 Å². The number of ether oxygens (including phenoxy) is 2. The van der Waals surface area contributed by atoms with E-state index < -0.39 is 0 Å². The van der Waals surface area contributed by atoms with Crippen molar-refractivity contribution in [3.05, 3.63) is 25.3 Å². The number of allylic oxidation sites excluding steroid dienone is 2. The fourth-order valence-electron chi connectivity index (χ4n) is 0.450. The van der Waals surface area contributed by atoms with Gasteiger partial charge in [-0.2, -0.15) is 0 Å². The normalized spacial score (nSPS) is 7.09. The molecule has 5 heteroatoms. The smallest absolute Gasteiger partial charge is 0.302 e. The van der Waals surface area contributed by atoms with Crippen LogP contribution in [-0.2, 0) is 14.3 Å². The molecule has 0 fully saturated rings. The number of carbonyl (C=O) groups excluding carboxylic acids is 1. The van der Waals surface area contributed by atoms with Crippen molar-refractivity contribution in [1.29, 1.82) is 0 Å². The lowest BCUT2D eigenvalue weighted by molar-refractivity contribution is -0.140. The molecular weight excluding hydrogens is 284 g/mol. The highest BCUT2D eigenvalue weighted by Crippen LogP contribution is 1.78. The second-order valence-electron chi connectivity index (χ2n) is 3.39. The summed E-state index contributed by atoms with van der Waals surface area (Å²) in [4.78, 5) is 9.98. The molecule has 0 heterocycles. The van der Waals surface area contributed by atoms with Crippen LogP contribution in [0.4, 0.5) is 0 Å². The Labute approximate surface area is 137 Å². The van der Waals surface area contributed by atoms with Gasteiger partial charge in [0.05, 0.1) is 19.8 Å². The maximum Gasteiger partial charge on any atom is 0.302 e. The molecule has 0 saturated heterocycles. The van der Waals surface area contributed by atoms with Crippen molar-refractivity contribution in [2.75, 3.05) is 33.0 Å². The Morgan fingerprint density at radius 2 is 1.32 bits per heavy atom. The Kier molecular flexibility index (Phi) is 74.6. The summed E-state index contributed by atoms with van der Waals surface area (Å²) >= 11 is 0. The quantitative estimate of drug-likeness (QED) is 0.599. The fourth-order valence-corrected chi connectivity index (χ4v) is 0.450. The van der Waals surface area contributed by atoms with Crippen LogP contribution < -0.4 is 0 Å². The molecule has 0 aliphatic heterocycles. The minimum Gasteiger partial charge on any atom is -0.466 e. The van der Waals surface area contributed by atoms with Crippen LogP contribution in [0.3, 0.4) is 0 Å². The van der Waals surface area contributed by atoms with Crippen molar-refractivity contribution in [3.63, 3.8) is 0 Å². The van der Waals surface area contributed by atoms with Crippen LogP contribution in [0.1, 0.15) is 48.0 Å². The molecule has 0 unspecified atom stereocenters. The predicted octanol–water partition coefficient (Wildman–Crippen LogP) is 3.36. The second-order valence-corrected chi connectivity index (χ2v) is 3.39. The maximum absolute atomic E-state index is 9.98. The minimum absolute atomic E-state index is 0.125. The van der Waals surface area contributed by atoms with E-state index in [-0.39, 0.29) is 19.2 Å². The molecule has 0 aromatic carbocycles. The van der Waals surface area contributed by atoms with Crippen molar-refractivity contribution in [1.82, 2.24) is 0 Å². The van der Waals surface area contributed by atoms with E-state index >= 15 is 0 Å². The first-order valence-corrected chi connectivity index (χ1v) is 7.50. The van der Waals surface area contributed by atoms with Gasteiger partial charge in [0.25, 0.3) is 0 Å². The lowest BCUT2D eigenvalue weighted by Gasteiger charge is -1.93. The third kappa shape index (κ3) is 176. The fraction of sp³-hybridized carbons (Fsp3) is 0.706. The minimum atomic E-state index is -0.193. The van der Waals surface area contributed by atoms with Gasteiger partial charge >= 0.3 is 5.97 Å². The van der Waals surface area contributed by atoms with Crippen LogP contribution in [0.2, 0.25) is 0 Å². The molecule has 5 nitrogen and oxygen atoms in total. The maximum atomic E-state index is 9.98. The third-order valence-electron chi connectivity index (χ3n) is 1.02. The highest BCUT2D eigenvalue weighted by molar-refractivity contribution is 5.65. The molecule has 0 bridgehead atoms. The average Bonchev–Trinajstić information content (AvgIpc) is 2.48. The zero-order chi connectivity index (χ0) is 18.6. The average molecular weight is 322 g/mol. The first-order chi connectivity index (χ1) is 10.4. The van der Waals surface area contributed by atoms with Gasteiger partial charge in [-0.15, -0.1) is 13.2 Å². The highest BCUT2D eigenvalue weighted by atomic mass is 16.5. The molecular formula is C17H38O5. The van der Waals surface area contributed by atoms with Gasteiger partial charge in [0.1, 0.15) is 0 Å². The molecule has 0 aromatic rings. The number of carbonyl (C=O) groups is 1. The van der Waals surface area contributed by atoms with Crippen LogP contribution in [0, 0.1) is 0 Å². The second kappa shape index (κ2) is 50.2. The Morgan fingerprint density at radius 3 is 1.36 bits per heavy atom. The zero-order valence-corrected chi connectivity index (χ0v) is 15.4. The van der Waals surface area contributed by atoms with Crippen LogP contribution >= 0.6 is 0 Å². The predicted molar refractivity (Wildman–Crippen MR) is 95.0 cm³/mol. The van der Waals surface area contributed by atoms with E-state index in [1.54, 1.807) is 12.2 Å². The van der Waals surface area contributed by atoms with Gasteiger partial charge in [0.15, 0.2) is 0 Å². The number of hydrogen-bond donors (Lipinski definition) is 2. The number of aliphatic hydroxyl groups is 2. The molecule has 0 aliphatic rings. The molecule has 136 valence electrons. The van der Waals surface area contributed by atoms with Crippen LogP contribution in [0.25, 0.3) is 0 Å². The summed E-state index contributed by atoms with van der Waals surface area (Å²) in [6.45, 7) is 19.8. The van der Waals surface area contributed by atoms with Crippen molar-refractivity contribution >= 4 is 5.97 Å². The topological polar surface area (TPSA) is 76.0 Å². The van der Waals surface area contributed by atoms with Crippen molar-refractivity contribution in [2.45, 2.75) is 48.0 Å². The lowest BCUT2D eigenvalue weighted by Crippen LogP contribution is -1.98. The zero-order valence-electron chi connectivity index (χ0n) is 15.4. The molecule has 22 heavy (non-hydrogen) atoms. The largest absolute Gasteiger partial charge is 0.466 e. The SMILES string of the molecule is C=CC.C=CC.CCCOC(C)=O.CCOCC.OCCO. The van der Waals surface area contributed by atoms with E-state index in [0.717, 1.165) is 19.6 Å². The molecule has 0 rings (SSSR count). The van der Waals surface area contributed by atoms with E-state index in [0.29, 0.717) is 6.61 Å². The Bertz CT molecular complexity index is 172. The van der Waals surface area contributed by atoms with Crippen molar-refractivity contribution < 1.29 is 24.5 Å². The molecule has 0 aliphatic carbocycles. The molecule has 0 saturated carbocycles. The first-order valence-electron chi connectivity index (χ1n) is 7.50. The van der Waals surface area contributed by atoms with Gasteiger partial charge in [0, 0.05) is 20.1 Å². The summed E-state index contributed by atoms with van der Waals surface area (Å²) in [5, 5.41) is 15.2. The van der Waals surface area contributed by atoms with Gasteiger partial charge in [-0.05, 0) is 34.1 Å². The molecule has 0 spiro atoms. The van der Waals surface area contributed by atoms with E-state index in [1.807, 2.05) is 34.6 Å². The summed E-state index contributed by atoms with van der Waals surface area (Å²) in [7, 11) is 0. The Hall–Kier alpha value is -1.17. The van der Waals surface area contributed by atoms with Crippen molar-refractivity contribution in [3.8, 4) is 0 Å². The van der Waals surface area contributed by atoms with Gasteiger partial charge < -0.3 is 19.7 Å². The monoisotopic (exact) mass is 322 g/mol. The van der Waals surface area contributed by atoms with E-state index in [4.69, 9.17) is 14.9 Å². The molecule has 0 amide bonds. The number of aliphatic hydroxyl groups excluding tert-OH is 2. The molecule has 0 aromatic heterocycles. The van der Waals surface area contributed by atoms with Gasteiger partial charge in [0.2, 0.25) is 0 Å². The summed E-state index contributed by atoms with van der Waals surface area (Å²) in [5.74, 6) is -0.193. The lowest BCUT2D eigenvalue weighted by atomic mass is 10.5. The molecule has 0 radical (unpaired) electrons. The highest BCUT2D eigenvalue weighted by Gasteiger charge is 1.85. The summed E-state index contributed by atoms with van der Waals surface area (Å²) in [5.41, 5.74) is 0. The summed E-state index contributed by atoms with van der Waals surface area (Å²) < 4.78 is 9.39. The summed E-state index contributed by atoms with van der Waals surface area (Å²) in [6, 6.07) is 0. The van der Waals surface area contributed by atoms with E-state index in [9.17, 15) is 4.79 Å². The van der Waals surface area contributed by atoms with Crippen LogP contribution in [0.5, 0.6) is 0 Å². The van der Waals surface area contributed by atoms with Gasteiger partial charge in [-0.3, -0.25) is 4.79 Å². The Morgan fingerprint density at radius 1 is 1.00 bits per heavy atom. The van der Waals surface area contributed by atoms with E-state index in [2.05, 4.69) is 17.9 Å². The third-order valence-corrected chi connectivity index (χ3v) is 1.02. The standard InChI is InChI=1S/C5H10O2.C4H10O.2C3H6.C2H6O2/c1-3-4-7-5(2)6;1-3-5-4-2;2*1-3-2;3-1-2-4/h3-4H2,1-2H3;3-4H2,1-2H3;2*3H,1H2,2H3;3-4H,1-2H2. The molecule has 2 N–H and O–H groups in total. The van der Waals surface area contributed by atoms with Gasteiger partial charge in [-0.1, -0.05) is 19.1 Å². The van der Waals surface area contributed by atoms with Crippen LogP contribution in [0.15, 0.2) is 25.3 Å². The van der Waals surface area contributed by atoms with E-state index in [1.165, 1.54) is 6.92 Å². The number of rotatable bonds is 5. The number of hydrogen-bond acceptors (Lipinski definition) is 5. The Balaban J connectivity index is -0.0000000574. The van der Waals surface area contributed by atoms with Gasteiger partial charge in [-0.25, -0.2) is 0 Å². The summed E-state index contributed by atoms with van der Waals surface area (Å²) in [6.07, 6.45) is 4.40. The number of esters is 1. The van der Waals surface area contributed by atoms with Crippen molar-refractivity contribution in [2.24, 2.45) is 0 Å². The first kappa shape index (κ1) is 32.7.